The van der Waals surface area contributed by atoms with Gasteiger partial charge in [0, 0.05) is 0 Å². The summed E-state index contributed by atoms with van der Waals surface area (Å²) in [5, 5.41) is 2.35. The van der Waals surface area contributed by atoms with Gasteiger partial charge >= 0.3 is 5.97 Å². The van der Waals surface area contributed by atoms with E-state index < -0.39 is 12.0 Å². The number of nitrogens with zero attached hydrogens (tertiary/aromatic N) is 2. The smallest absolute Gasteiger partial charge is 0.338 e. The van der Waals surface area contributed by atoms with Gasteiger partial charge in [-0.1, -0.05) is 72.0 Å². The Kier molecular flexibility index (Phi) is 7.23. The van der Waals surface area contributed by atoms with E-state index >= 15 is 0 Å². The number of hydrogen-bond donors (Lipinski definition) is 0. The van der Waals surface area contributed by atoms with Crippen LogP contribution in [0.25, 0.3) is 16.8 Å². The second-order valence-electron chi connectivity index (χ2n) is 10.4. The number of aromatic nitrogens is 1. The Labute approximate surface area is 256 Å². The van der Waals surface area contributed by atoms with Gasteiger partial charge in [0.1, 0.15) is 12.4 Å². The van der Waals surface area contributed by atoms with E-state index in [1.807, 2.05) is 54.6 Å². The van der Waals surface area contributed by atoms with E-state index in [0.29, 0.717) is 44.3 Å². The minimum atomic E-state index is -0.730. The van der Waals surface area contributed by atoms with Crippen molar-refractivity contribution in [2.75, 3.05) is 13.4 Å². The van der Waals surface area contributed by atoms with Crippen LogP contribution in [0.1, 0.15) is 36.6 Å². The number of carbonyl (C=O) groups is 1. The average molecular weight is 605 g/mol. The highest BCUT2D eigenvalue weighted by molar-refractivity contribution is 7.07. The third-order valence-electron chi connectivity index (χ3n) is 7.68. The molecule has 0 saturated heterocycles. The average Bonchev–Trinajstić information content (AvgIpc) is 3.63. The fraction of sp³-hybridized carbons (Fsp3) is 0.171. The van der Waals surface area contributed by atoms with Gasteiger partial charge in [-0.05, 0) is 71.7 Å². The summed E-state index contributed by atoms with van der Waals surface area (Å²) in [5.74, 6) is 1.40. The Morgan fingerprint density at radius 3 is 2.66 bits per heavy atom. The summed E-state index contributed by atoms with van der Waals surface area (Å²) in [5.41, 5.74) is 3.23. The van der Waals surface area contributed by atoms with E-state index in [1.54, 1.807) is 30.5 Å². The molecule has 1 aromatic heterocycles. The molecule has 0 amide bonds. The second-order valence-corrected chi connectivity index (χ2v) is 11.4. The Balaban J connectivity index is 1.21. The first kappa shape index (κ1) is 27.7. The summed E-state index contributed by atoms with van der Waals surface area (Å²) in [7, 11) is 0. The molecule has 8 nitrogen and oxygen atoms in total. The minimum absolute atomic E-state index is 0.119. The van der Waals surface area contributed by atoms with E-state index in [9.17, 15) is 9.59 Å². The minimum Gasteiger partial charge on any atom is -0.489 e. The quantitative estimate of drug-likeness (QED) is 0.236. The van der Waals surface area contributed by atoms with Crippen molar-refractivity contribution in [1.82, 2.24) is 4.57 Å². The van der Waals surface area contributed by atoms with Crippen LogP contribution in [0.4, 0.5) is 0 Å². The maximum absolute atomic E-state index is 13.9. The summed E-state index contributed by atoms with van der Waals surface area (Å²) in [6.07, 6.45) is 1.83. The highest BCUT2D eigenvalue weighted by Gasteiger charge is 2.34. The van der Waals surface area contributed by atoms with Crippen LogP contribution in [0, 0.1) is 0 Å². The first-order chi connectivity index (χ1) is 21.5. The summed E-state index contributed by atoms with van der Waals surface area (Å²) in [4.78, 5) is 32.2. The van der Waals surface area contributed by atoms with Crippen LogP contribution in [0.3, 0.4) is 0 Å². The van der Waals surface area contributed by atoms with Crippen molar-refractivity contribution < 1.29 is 23.7 Å². The number of hydrogen-bond acceptors (Lipinski definition) is 8. The molecule has 3 heterocycles. The van der Waals surface area contributed by atoms with Gasteiger partial charge in [0.2, 0.25) is 6.79 Å². The molecule has 5 aromatic rings. The lowest BCUT2D eigenvalue weighted by Crippen LogP contribution is -2.39. The van der Waals surface area contributed by atoms with Crippen molar-refractivity contribution in [2.24, 2.45) is 4.99 Å². The van der Waals surface area contributed by atoms with Crippen molar-refractivity contribution in [3.8, 4) is 17.2 Å². The lowest BCUT2D eigenvalue weighted by Gasteiger charge is -2.24. The van der Waals surface area contributed by atoms with E-state index in [4.69, 9.17) is 18.9 Å². The zero-order valence-electron chi connectivity index (χ0n) is 24.1. The number of esters is 1. The Morgan fingerprint density at radius 2 is 1.82 bits per heavy atom. The molecule has 7 rings (SSSR count). The first-order valence-corrected chi connectivity index (χ1v) is 15.1. The molecule has 0 bridgehead atoms. The van der Waals surface area contributed by atoms with Gasteiger partial charge in [-0.25, -0.2) is 9.79 Å². The molecule has 44 heavy (non-hydrogen) atoms. The lowest BCUT2D eigenvalue weighted by atomic mass is 9.95. The summed E-state index contributed by atoms with van der Waals surface area (Å²) >= 11 is 1.28. The van der Waals surface area contributed by atoms with Crippen molar-refractivity contribution in [3.05, 3.63) is 133 Å². The summed E-state index contributed by atoms with van der Waals surface area (Å²) < 4.78 is 24.6. The van der Waals surface area contributed by atoms with E-state index in [0.717, 1.165) is 16.9 Å². The third kappa shape index (κ3) is 5.05. The van der Waals surface area contributed by atoms with Crippen LogP contribution in [-0.2, 0) is 16.1 Å². The van der Waals surface area contributed by atoms with Crippen LogP contribution >= 0.6 is 11.3 Å². The normalized spacial score (nSPS) is 15.7. The van der Waals surface area contributed by atoms with Gasteiger partial charge in [-0.2, -0.15) is 0 Å². The van der Waals surface area contributed by atoms with Crippen LogP contribution in [0.15, 0.2) is 106 Å². The molecule has 2 aliphatic heterocycles. The number of ether oxygens (including phenoxy) is 4. The van der Waals surface area contributed by atoms with Crippen LogP contribution in [-0.4, -0.2) is 23.9 Å². The lowest BCUT2D eigenvalue weighted by molar-refractivity contribution is -0.139. The van der Waals surface area contributed by atoms with Gasteiger partial charge < -0.3 is 18.9 Å². The number of rotatable bonds is 7. The molecule has 2 aliphatic rings. The van der Waals surface area contributed by atoms with Gasteiger partial charge in [0.25, 0.3) is 5.56 Å². The van der Waals surface area contributed by atoms with Crippen molar-refractivity contribution >= 4 is 34.2 Å². The monoisotopic (exact) mass is 604 g/mol. The van der Waals surface area contributed by atoms with Gasteiger partial charge in [-0.3, -0.25) is 9.36 Å². The summed E-state index contributed by atoms with van der Waals surface area (Å²) in [6.45, 7) is 4.28. The second kappa shape index (κ2) is 11.5. The van der Waals surface area contributed by atoms with E-state index in [-0.39, 0.29) is 19.0 Å². The molecule has 0 fully saturated rings. The molecule has 1 unspecified atom stereocenters. The maximum Gasteiger partial charge on any atom is 0.338 e. The molecular formula is C35H28N2O6S. The Bertz CT molecular complexity index is 2120. The Hall–Kier alpha value is -5.15. The first-order valence-electron chi connectivity index (χ1n) is 14.3. The standard InChI is InChI=1S/C35H28N2O6S/c1-3-40-34(39)31-21(2)36-35-37(32(31)24-13-16-28-29(18-24)43-20-42-28)33(38)30(44-35)17-22-11-14-26(15-12-22)41-19-25-9-6-8-23-7-4-5-10-27(23)25/h4-18,32H,3,19-20H2,1-2H3/b30-17-. The fourth-order valence-electron chi connectivity index (χ4n) is 5.58. The number of benzene rings is 4. The van der Waals surface area contributed by atoms with Crippen LogP contribution in [0.5, 0.6) is 17.2 Å². The molecule has 0 N–H and O–H groups in total. The van der Waals surface area contributed by atoms with Gasteiger partial charge in [0.05, 0.1) is 28.5 Å². The summed E-state index contributed by atoms with van der Waals surface area (Å²) in [6, 6.07) is 26.8. The SMILES string of the molecule is CCOC(=O)C1=C(C)N=c2s/c(=C\c3ccc(OCc4cccc5ccccc45)cc3)c(=O)n2C1c1ccc2c(c1)OCO2. The Morgan fingerprint density at radius 1 is 1.02 bits per heavy atom. The molecule has 0 radical (unpaired) electrons. The number of fused-ring (bicyclic) bond motifs is 3. The predicted octanol–water partition coefficient (Wildman–Crippen LogP) is 5.26. The maximum atomic E-state index is 13.9. The third-order valence-corrected chi connectivity index (χ3v) is 8.66. The topological polar surface area (TPSA) is 88.4 Å². The zero-order chi connectivity index (χ0) is 30.2. The molecule has 220 valence electrons. The number of carbonyl (C=O) groups excluding carboxylic acids is 1. The molecule has 4 aromatic carbocycles. The van der Waals surface area contributed by atoms with Gasteiger partial charge in [-0.15, -0.1) is 0 Å². The number of allylic oxidation sites excluding steroid dienone is 1. The highest BCUT2D eigenvalue weighted by Crippen LogP contribution is 2.38. The highest BCUT2D eigenvalue weighted by atomic mass is 32.1. The molecule has 0 aliphatic carbocycles. The van der Waals surface area contributed by atoms with E-state index in [2.05, 4.69) is 29.3 Å². The fourth-order valence-corrected chi connectivity index (χ4v) is 6.63. The van der Waals surface area contributed by atoms with Crippen molar-refractivity contribution in [2.45, 2.75) is 26.5 Å². The zero-order valence-corrected chi connectivity index (χ0v) is 24.9. The van der Waals surface area contributed by atoms with Crippen LogP contribution in [0.2, 0.25) is 0 Å². The van der Waals surface area contributed by atoms with Crippen molar-refractivity contribution in [3.63, 3.8) is 0 Å². The van der Waals surface area contributed by atoms with E-state index in [1.165, 1.54) is 22.1 Å². The molecule has 0 spiro atoms. The molecule has 1 atom stereocenters. The predicted molar refractivity (Wildman–Crippen MR) is 168 cm³/mol. The largest absolute Gasteiger partial charge is 0.489 e. The van der Waals surface area contributed by atoms with Gasteiger partial charge in [0.15, 0.2) is 16.3 Å². The van der Waals surface area contributed by atoms with Crippen molar-refractivity contribution in [1.29, 1.82) is 0 Å². The van der Waals surface area contributed by atoms with Crippen LogP contribution < -0.4 is 29.1 Å². The number of thiazole rings is 1. The molecular weight excluding hydrogens is 576 g/mol. The molecule has 0 saturated carbocycles. The molecule has 9 heteroatoms.